The summed E-state index contributed by atoms with van der Waals surface area (Å²) in [6, 6.07) is 9.11. The molecule has 3 rings (SSSR count). The fraction of sp³-hybridized carbons (Fsp3) is 0.474. The molecule has 0 amide bonds. The lowest BCUT2D eigenvalue weighted by Crippen LogP contribution is -2.33. The van der Waals surface area contributed by atoms with Crippen LogP contribution in [0.25, 0.3) is 0 Å². The molecule has 2 heterocycles. The Morgan fingerprint density at radius 2 is 2.00 bits per heavy atom. The standard InChI is InChI=1S/C19H24F2N2O3/c1-24-17-7-6-14(11-18(17)26-19(20)21)12-22-13-15(16-5-4-10-25-16)23-8-2-3-9-23/h4-7,10-11,15,19,22H,2-3,8-9,12-13H2,1H3. The van der Waals surface area contributed by atoms with Crippen molar-refractivity contribution < 1.29 is 22.7 Å². The van der Waals surface area contributed by atoms with Crippen molar-refractivity contribution in [1.82, 2.24) is 10.2 Å². The molecule has 1 atom stereocenters. The van der Waals surface area contributed by atoms with Crippen molar-refractivity contribution in [1.29, 1.82) is 0 Å². The number of benzene rings is 1. The number of hydrogen-bond donors (Lipinski definition) is 1. The molecular formula is C19H24F2N2O3. The minimum absolute atomic E-state index is 0.0453. The molecule has 0 radical (unpaired) electrons. The van der Waals surface area contributed by atoms with Gasteiger partial charge in [0.15, 0.2) is 11.5 Å². The highest BCUT2D eigenvalue weighted by Gasteiger charge is 2.25. The first-order valence-corrected chi connectivity index (χ1v) is 8.77. The van der Waals surface area contributed by atoms with Crippen molar-refractivity contribution in [2.45, 2.75) is 32.0 Å². The average Bonchev–Trinajstić information content (AvgIpc) is 3.32. The Bertz CT molecular complexity index is 673. The molecule has 0 spiro atoms. The van der Waals surface area contributed by atoms with Gasteiger partial charge >= 0.3 is 6.61 Å². The molecule has 142 valence electrons. The Morgan fingerprint density at radius 1 is 1.19 bits per heavy atom. The van der Waals surface area contributed by atoms with Gasteiger partial charge in [-0.2, -0.15) is 8.78 Å². The van der Waals surface area contributed by atoms with Gasteiger partial charge in [-0.15, -0.1) is 0 Å². The van der Waals surface area contributed by atoms with E-state index < -0.39 is 6.61 Å². The van der Waals surface area contributed by atoms with Gasteiger partial charge in [-0.05, 0) is 55.8 Å². The second-order valence-corrected chi connectivity index (χ2v) is 6.27. The monoisotopic (exact) mass is 366 g/mol. The van der Waals surface area contributed by atoms with Gasteiger partial charge in [0, 0.05) is 13.1 Å². The SMILES string of the molecule is COc1ccc(CNCC(c2ccco2)N2CCCC2)cc1OC(F)F. The molecule has 1 aliphatic heterocycles. The predicted molar refractivity (Wildman–Crippen MR) is 93.6 cm³/mol. The zero-order chi connectivity index (χ0) is 18.4. The molecular weight excluding hydrogens is 342 g/mol. The lowest BCUT2D eigenvalue weighted by Gasteiger charge is -2.26. The van der Waals surface area contributed by atoms with Crippen LogP contribution in [0.5, 0.6) is 11.5 Å². The molecule has 1 aromatic heterocycles. The van der Waals surface area contributed by atoms with E-state index in [0.29, 0.717) is 18.8 Å². The first kappa shape index (κ1) is 18.7. The van der Waals surface area contributed by atoms with Crippen molar-refractivity contribution in [3.63, 3.8) is 0 Å². The minimum Gasteiger partial charge on any atom is -0.493 e. The van der Waals surface area contributed by atoms with E-state index in [1.54, 1.807) is 18.4 Å². The van der Waals surface area contributed by atoms with Crippen LogP contribution in [0.3, 0.4) is 0 Å². The van der Waals surface area contributed by atoms with E-state index in [2.05, 4.69) is 15.0 Å². The zero-order valence-corrected chi connectivity index (χ0v) is 14.8. The van der Waals surface area contributed by atoms with Gasteiger partial charge in [-0.25, -0.2) is 0 Å². The Kier molecular flexibility index (Phi) is 6.46. The number of nitrogens with zero attached hydrogens (tertiary/aromatic N) is 1. The third-order valence-electron chi connectivity index (χ3n) is 4.56. The lowest BCUT2D eigenvalue weighted by molar-refractivity contribution is -0.0512. The quantitative estimate of drug-likeness (QED) is 0.731. The van der Waals surface area contributed by atoms with Crippen molar-refractivity contribution >= 4 is 0 Å². The van der Waals surface area contributed by atoms with E-state index in [1.807, 2.05) is 18.2 Å². The van der Waals surface area contributed by atoms with Crippen molar-refractivity contribution in [3.8, 4) is 11.5 Å². The Labute approximate surface area is 151 Å². The molecule has 1 saturated heterocycles. The van der Waals surface area contributed by atoms with Crippen molar-refractivity contribution in [2.75, 3.05) is 26.7 Å². The molecule has 1 unspecified atom stereocenters. The van der Waals surface area contributed by atoms with Gasteiger partial charge in [0.2, 0.25) is 0 Å². The predicted octanol–water partition coefficient (Wildman–Crippen LogP) is 3.82. The number of furan rings is 1. The third kappa shape index (κ3) is 4.74. The third-order valence-corrected chi connectivity index (χ3v) is 4.56. The molecule has 1 aliphatic rings. The highest BCUT2D eigenvalue weighted by Crippen LogP contribution is 2.30. The van der Waals surface area contributed by atoms with Crippen LogP contribution in [-0.2, 0) is 6.54 Å². The lowest BCUT2D eigenvalue weighted by atomic mass is 10.1. The molecule has 1 fully saturated rings. The average molecular weight is 366 g/mol. The van der Waals surface area contributed by atoms with Crippen LogP contribution in [0, 0.1) is 0 Å². The Morgan fingerprint density at radius 3 is 2.65 bits per heavy atom. The summed E-state index contributed by atoms with van der Waals surface area (Å²) in [6.07, 6.45) is 4.09. The molecule has 0 aliphatic carbocycles. The normalized spacial score (nSPS) is 16.2. The van der Waals surface area contributed by atoms with Crippen LogP contribution in [0.1, 0.15) is 30.2 Å². The number of alkyl halides is 2. The van der Waals surface area contributed by atoms with Gasteiger partial charge < -0.3 is 19.2 Å². The minimum atomic E-state index is -2.88. The van der Waals surface area contributed by atoms with E-state index in [4.69, 9.17) is 9.15 Å². The number of likely N-dealkylation sites (tertiary alicyclic amines) is 1. The van der Waals surface area contributed by atoms with Gasteiger partial charge in [0.25, 0.3) is 0 Å². The number of rotatable bonds is 9. The summed E-state index contributed by atoms with van der Waals surface area (Å²) in [6.45, 7) is 0.481. The summed E-state index contributed by atoms with van der Waals surface area (Å²) >= 11 is 0. The molecule has 1 aromatic carbocycles. The maximum Gasteiger partial charge on any atom is 0.387 e. The van der Waals surface area contributed by atoms with Crippen LogP contribution < -0.4 is 14.8 Å². The first-order valence-electron chi connectivity index (χ1n) is 8.77. The number of hydrogen-bond acceptors (Lipinski definition) is 5. The fourth-order valence-corrected chi connectivity index (χ4v) is 3.32. The van der Waals surface area contributed by atoms with Crippen molar-refractivity contribution in [3.05, 3.63) is 47.9 Å². The maximum atomic E-state index is 12.5. The van der Waals surface area contributed by atoms with E-state index in [9.17, 15) is 8.78 Å². The smallest absolute Gasteiger partial charge is 0.387 e. The van der Waals surface area contributed by atoms with E-state index in [0.717, 1.165) is 24.4 Å². The van der Waals surface area contributed by atoms with Crippen molar-refractivity contribution in [2.24, 2.45) is 0 Å². The van der Waals surface area contributed by atoms with Crippen LogP contribution in [0.15, 0.2) is 41.0 Å². The molecule has 7 heteroatoms. The number of ether oxygens (including phenoxy) is 2. The van der Waals surface area contributed by atoms with Gasteiger partial charge in [0.05, 0.1) is 19.4 Å². The fourth-order valence-electron chi connectivity index (χ4n) is 3.32. The summed E-state index contributed by atoms with van der Waals surface area (Å²) in [4.78, 5) is 2.41. The second kappa shape index (κ2) is 9.00. The Hall–Kier alpha value is -2.12. The highest BCUT2D eigenvalue weighted by molar-refractivity contribution is 5.43. The van der Waals surface area contributed by atoms with Gasteiger partial charge in [-0.1, -0.05) is 6.07 Å². The molecule has 2 aromatic rings. The van der Waals surface area contributed by atoms with E-state index in [1.165, 1.54) is 20.0 Å². The Balaban J connectivity index is 1.62. The summed E-state index contributed by atoms with van der Waals surface area (Å²) in [5.74, 6) is 1.28. The van der Waals surface area contributed by atoms with E-state index in [-0.39, 0.29) is 11.8 Å². The number of nitrogens with one attached hydrogen (secondary N) is 1. The van der Waals surface area contributed by atoms with E-state index >= 15 is 0 Å². The van der Waals surface area contributed by atoms with Crippen LogP contribution in [-0.4, -0.2) is 38.3 Å². The highest BCUT2D eigenvalue weighted by atomic mass is 19.3. The van der Waals surface area contributed by atoms with Crippen LogP contribution in [0.4, 0.5) is 8.78 Å². The second-order valence-electron chi connectivity index (χ2n) is 6.27. The topological polar surface area (TPSA) is 46.9 Å². The van der Waals surface area contributed by atoms with Crippen LogP contribution in [0.2, 0.25) is 0 Å². The molecule has 1 N–H and O–H groups in total. The van der Waals surface area contributed by atoms with Gasteiger partial charge in [0.1, 0.15) is 5.76 Å². The summed E-state index contributed by atoms with van der Waals surface area (Å²) < 4.78 is 40.3. The van der Waals surface area contributed by atoms with Crippen LogP contribution >= 0.6 is 0 Å². The largest absolute Gasteiger partial charge is 0.493 e. The van der Waals surface area contributed by atoms with Gasteiger partial charge in [-0.3, -0.25) is 4.90 Å². The zero-order valence-electron chi connectivity index (χ0n) is 14.8. The summed E-state index contributed by atoms with van der Waals surface area (Å²) in [7, 11) is 1.43. The summed E-state index contributed by atoms with van der Waals surface area (Å²) in [5.41, 5.74) is 0.848. The first-order chi connectivity index (χ1) is 12.7. The molecule has 5 nitrogen and oxygen atoms in total. The molecule has 0 bridgehead atoms. The summed E-state index contributed by atoms with van der Waals surface area (Å²) in [5, 5.41) is 3.40. The molecule has 0 saturated carbocycles. The number of halogens is 2. The maximum absolute atomic E-state index is 12.5. The number of methoxy groups -OCH3 is 1. The molecule has 26 heavy (non-hydrogen) atoms.